The standard InChI is InChI=1S/C13H19NO4S/c1-14-12-6-7-18-9-13(12)19(15,16)11-5-3-4-10(8-11)17-2/h3-5,8,12-14H,6-7,9H2,1-2H3. The molecule has 2 atom stereocenters. The summed E-state index contributed by atoms with van der Waals surface area (Å²) in [4.78, 5) is 0.280. The van der Waals surface area contributed by atoms with E-state index in [0.29, 0.717) is 18.8 Å². The molecule has 1 heterocycles. The number of sulfone groups is 1. The summed E-state index contributed by atoms with van der Waals surface area (Å²) in [6.07, 6.45) is 0.699. The number of nitrogens with one attached hydrogen (secondary N) is 1. The average molecular weight is 285 g/mol. The van der Waals surface area contributed by atoms with Gasteiger partial charge < -0.3 is 14.8 Å². The van der Waals surface area contributed by atoms with Gasteiger partial charge in [0.1, 0.15) is 11.0 Å². The van der Waals surface area contributed by atoms with Gasteiger partial charge in [-0.05, 0) is 31.7 Å². The molecule has 1 N–H and O–H groups in total. The topological polar surface area (TPSA) is 64.6 Å². The Labute approximate surface area is 113 Å². The summed E-state index contributed by atoms with van der Waals surface area (Å²) in [6.45, 7) is 0.820. The zero-order chi connectivity index (χ0) is 13.9. The summed E-state index contributed by atoms with van der Waals surface area (Å²) in [7, 11) is -0.122. The van der Waals surface area contributed by atoms with Gasteiger partial charge in [0.25, 0.3) is 0 Å². The van der Waals surface area contributed by atoms with Crippen molar-refractivity contribution in [3.63, 3.8) is 0 Å². The summed E-state index contributed by atoms with van der Waals surface area (Å²) in [5.74, 6) is 0.541. The van der Waals surface area contributed by atoms with Crippen molar-refractivity contribution in [2.75, 3.05) is 27.4 Å². The number of hydrogen-bond acceptors (Lipinski definition) is 5. The molecule has 1 saturated heterocycles. The Morgan fingerprint density at radius 1 is 1.42 bits per heavy atom. The summed E-state index contributed by atoms with van der Waals surface area (Å²) in [5.41, 5.74) is 0. The Morgan fingerprint density at radius 2 is 2.21 bits per heavy atom. The van der Waals surface area contributed by atoms with E-state index in [1.54, 1.807) is 31.3 Å². The van der Waals surface area contributed by atoms with Crippen molar-refractivity contribution >= 4 is 9.84 Å². The minimum atomic E-state index is -3.42. The molecule has 0 aromatic heterocycles. The lowest BCUT2D eigenvalue weighted by Crippen LogP contribution is -2.49. The fraction of sp³-hybridized carbons (Fsp3) is 0.538. The maximum atomic E-state index is 12.6. The van der Waals surface area contributed by atoms with E-state index in [1.165, 1.54) is 7.11 Å². The Kier molecular flexibility index (Phi) is 4.44. The smallest absolute Gasteiger partial charge is 0.185 e. The lowest BCUT2D eigenvalue weighted by Gasteiger charge is -2.30. The second-order valence-electron chi connectivity index (χ2n) is 4.52. The lowest BCUT2D eigenvalue weighted by atomic mass is 10.1. The number of benzene rings is 1. The fourth-order valence-corrected chi connectivity index (χ4v) is 4.18. The van der Waals surface area contributed by atoms with Gasteiger partial charge in [-0.25, -0.2) is 8.42 Å². The molecule has 5 nitrogen and oxygen atoms in total. The SMILES string of the molecule is CNC1CCOCC1S(=O)(=O)c1cccc(OC)c1. The van der Waals surface area contributed by atoms with Crippen molar-refractivity contribution < 1.29 is 17.9 Å². The van der Waals surface area contributed by atoms with Gasteiger partial charge in [-0.15, -0.1) is 0 Å². The van der Waals surface area contributed by atoms with Crippen LogP contribution in [0, 0.1) is 0 Å². The molecule has 0 saturated carbocycles. The minimum Gasteiger partial charge on any atom is -0.497 e. The van der Waals surface area contributed by atoms with Crippen molar-refractivity contribution in [3.8, 4) is 5.75 Å². The molecule has 1 aliphatic rings. The fourth-order valence-electron chi connectivity index (χ4n) is 2.30. The maximum Gasteiger partial charge on any atom is 0.185 e. The van der Waals surface area contributed by atoms with E-state index in [1.807, 2.05) is 0 Å². The summed E-state index contributed by atoms with van der Waals surface area (Å²) in [6, 6.07) is 6.48. The first kappa shape index (κ1) is 14.3. The van der Waals surface area contributed by atoms with Crippen LogP contribution in [-0.4, -0.2) is 47.1 Å². The molecule has 0 amide bonds. The van der Waals surface area contributed by atoms with Crippen LogP contribution < -0.4 is 10.1 Å². The third kappa shape index (κ3) is 2.91. The maximum absolute atomic E-state index is 12.6. The first-order valence-corrected chi connectivity index (χ1v) is 7.77. The largest absolute Gasteiger partial charge is 0.497 e. The van der Waals surface area contributed by atoms with E-state index < -0.39 is 15.1 Å². The molecule has 1 aromatic carbocycles. The van der Waals surface area contributed by atoms with Crippen LogP contribution in [0.1, 0.15) is 6.42 Å². The number of rotatable bonds is 4. The highest BCUT2D eigenvalue weighted by atomic mass is 32.2. The minimum absolute atomic E-state index is 0.0787. The lowest BCUT2D eigenvalue weighted by molar-refractivity contribution is 0.0825. The molecule has 0 radical (unpaired) electrons. The molecule has 2 unspecified atom stereocenters. The number of methoxy groups -OCH3 is 1. The van der Waals surface area contributed by atoms with Gasteiger partial charge in [-0.3, -0.25) is 0 Å². The van der Waals surface area contributed by atoms with E-state index in [0.717, 1.165) is 0 Å². The quantitative estimate of drug-likeness (QED) is 0.888. The van der Waals surface area contributed by atoms with Gasteiger partial charge in [0.15, 0.2) is 9.84 Å². The Morgan fingerprint density at radius 3 is 2.89 bits per heavy atom. The predicted octanol–water partition coefficient (Wildman–Crippen LogP) is 0.846. The first-order chi connectivity index (χ1) is 9.09. The third-order valence-corrected chi connectivity index (χ3v) is 5.62. The molecule has 1 aromatic rings. The normalized spacial score (nSPS) is 24.1. The highest BCUT2D eigenvalue weighted by Crippen LogP contribution is 2.25. The van der Waals surface area contributed by atoms with Crippen LogP contribution in [-0.2, 0) is 14.6 Å². The predicted molar refractivity (Wildman–Crippen MR) is 72.3 cm³/mol. The molecule has 2 rings (SSSR count). The Bertz CT molecular complexity index is 529. The zero-order valence-electron chi connectivity index (χ0n) is 11.1. The van der Waals surface area contributed by atoms with Crippen molar-refractivity contribution in [1.29, 1.82) is 0 Å². The van der Waals surface area contributed by atoms with E-state index in [-0.39, 0.29) is 17.5 Å². The van der Waals surface area contributed by atoms with Crippen LogP contribution in [0.25, 0.3) is 0 Å². The number of ether oxygens (including phenoxy) is 2. The number of hydrogen-bond donors (Lipinski definition) is 1. The zero-order valence-corrected chi connectivity index (χ0v) is 11.9. The van der Waals surface area contributed by atoms with Crippen LogP contribution in [0.5, 0.6) is 5.75 Å². The van der Waals surface area contributed by atoms with Gasteiger partial charge in [-0.1, -0.05) is 6.07 Å². The molecule has 19 heavy (non-hydrogen) atoms. The Balaban J connectivity index is 2.34. The van der Waals surface area contributed by atoms with Crippen molar-refractivity contribution in [3.05, 3.63) is 24.3 Å². The van der Waals surface area contributed by atoms with Crippen LogP contribution in [0.2, 0.25) is 0 Å². The van der Waals surface area contributed by atoms with Crippen molar-refractivity contribution in [2.45, 2.75) is 22.6 Å². The molecule has 0 aliphatic carbocycles. The van der Waals surface area contributed by atoms with Gasteiger partial charge in [0.2, 0.25) is 0 Å². The average Bonchev–Trinajstić information content (AvgIpc) is 2.47. The monoisotopic (exact) mass is 285 g/mol. The summed E-state index contributed by atoms with van der Waals surface area (Å²) in [5, 5.41) is 2.51. The van der Waals surface area contributed by atoms with Gasteiger partial charge in [0, 0.05) is 12.6 Å². The second kappa shape index (κ2) is 5.90. The third-order valence-electron chi connectivity index (χ3n) is 3.44. The van der Waals surface area contributed by atoms with Crippen LogP contribution in [0.4, 0.5) is 0 Å². The molecular formula is C13H19NO4S. The molecule has 1 fully saturated rings. The van der Waals surface area contributed by atoms with Gasteiger partial charge >= 0.3 is 0 Å². The van der Waals surface area contributed by atoms with Crippen LogP contribution >= 0.6 is 0 Å². The van der Waals surface area contributed by atoms with Crippen molar-refractivity contribution in [1.82, 2.24) is 5.32 Å². The molecule has 0 spiro atoms. The van der Waals surface area contributed by atoms with Gasteiger partial charge in [-0.2, -0.15) is 0 Å². The van der Waals surface area contributed by atoms with Crippen molar-refractivity contribution in [2.24, 2.45) is 0 Å². The highest BCUT2D eigenvalue weighted by molar-refractivity contribution is 7.92. The van der Waals surface area contributed by atoms with Gasteiger partial charge in [0.05, 0.1) is 18.6 Å². The molecule has 0 bridgehead atoms. The Hall–Kier alpha value is -1.11. The second-order valence-corrected chi connectivity index (χ2v) is 6.69. The molecule has 106 valence electrons. The van der Waals surface area contributed by atoms with E-state index in [9.17, 15) is 8.42 Å². The highest BCUT2D eigenvalue weighted by Gasteiger charge is 2.36. The first-order valence-electron chi connectivity index (χ1n) is 6.22. The molecule has 1 aliphatic heterocycles. The van der Waals surface area contributed by atoms with Crippen LogP contribution in [0.3, 0.4) is 0 Å². The van der Waals surface area contributed by atoms with E-state index in [4.69, 9.17) is 9.47 Å². The molecule has 6 heteroatoms. The van der Waals surface area contributed by atoms with E-state index in [2.05, 4.69) is 5.32 Å². The van der Waals surface area contributed by atoms with E-state index >= 15 is 0 Å². The molecular weight excluding hydrogens is 266 g/mol. The summed E-state index contributed by atoms with van der Waals surface area (Å²) < 4.78 is 35.7. The van der Waals surface area contributed by atoms with Crippen LogP contribution in [0.15, 0.2) is 29.2 Å². The summed E-state index contributed by atoms with van der Waals surface area (Å²) >= 11 is 0.